The Bertz CT molecular complexity index is 3270. The zero-order valence-electron chi connectivity index (χ0n) is 42.9. The van der Waals surface area contributed by atoms with E-state index in [1.54, 1.807) is 128 Å². The van der Waals surface area contributed by atoms with Gasteiger partial charge in [-0.25, -0.2) is 26.8 Å². The lowest BCUT2D eigenvalue weighted by Gasteiger charge is -2.47. The van der Waals surface area contributed by atoms with Crippen molar-refractivity contribution in [1.82, 2.24) is 33.8 Å². The Morgan fingerprint density at radius 1 is 0.514 bits per heavy atom. The first-order valence-electron chi connectivity index (χ1n) is 23.7. The maximum Gasteiger partial charge on any atom is 0.261 e. The summed E-state index contributed by atoms with van der Waals surface area (Å²) in [5.41, 5.74) is -1.88. The number of benzene rings is 4. The third kappa shape index (κ3) is 8.73. The van der Waals surface area contributed by atoms with E-state index in [1.807, 2.05) is 62.3 Å². The van der Waals surface area contributed by atoms with Gasteiger partial charge in [0.15, 0.2) is 0 Å². The molecule has 0 saturated carbocycles. The summed E-state index contributed by atoms with van der Waals surface area (Å²) in [6.45, 7) is 11.7. The second-order valence-electron chi connectivity index (χ2n) is 21.2. The van der Waals surface area contributed by atoms with Crippen molar-refractivity contribution in [2.24, 2.45) is 0 Å². The number of aromatic nitrogens is 2. The topological polar surface area (TPSA) is 206 Å². The van der Waals surface area contributed by atoms with E-state index >= 15 is 16.8 Å². The molecule has 0 spiro atoms. The summed E-state index contributed by atoms with van der Waals surface area (Å²) >= 11 is 0. The van der Waals surface area contributed by atoms with E-state index < -0.39 is 67.6 Å². The summed E-state index contributed by atoms with van der Waals surface area (Å²) in [6, 6.07) is 30.9. The lowest BCUT2D eigenvalue weighted by atomic mass is 9.84. The fraction of sp³-hybridized carbons (Fsp3) is 0.423. The van der Waals surface area contributed by atoms with Crippen molar-refractivity contribution in [3.05, 3.63) is 141 Å². The average molecular weight is 1020 g/mol. The Balaban J connectivity index is 1.17. The van der Waals surface area contributed by atoms with Gasteiger partial charge in [-0.3, -0.25) is 0 Å². The van der Waals surface area contributed by atoms with Gasteiger partial charge in [0.05, 0.1) is 63.9 Å². The molecule has 2 saturated heterocycles. The van der Waals surface area contributed by atoms with Gasteiger partial charge in [-0.05, 0) is 90.1 Å². The van der Waals surface area contributed by atoms with Gasteiger partial charge in [0.1, 0.15) is 0 Å². The molecule has 1 atom stereocenters. The highest BCUT2D eigenvalue weighted by atomic mass is 32.2. The minimum atomic E-state index is -4.45. The number of hydroxylamine groups is 6. The van der Waals surface area contributed by atoms with Gasteiger partial charge in [0.25, 0.3) is 6.17 Å². The van der Waals surface area contributed by atoms with Crippen molar-refractivity contribution in [3.8, 4) is 11.4 Å². The minimum absolute atomic E-state index is 0.00767. The summed E-state index contributed by atoms with van der Waals surface area (Å²) in [7, 11) is -1.44. The highest BCUT2D eigenvalue weighted by Crippen LogP contribution is 2.44. The molecule has 2 aromatic heterocycles. The molecule has 72 heavy (non-hydrogen) atoms. The van der Waals surface area contributed by atoms with E-state index in [0.717, 1.165) is 20.0 Å². The Hall–Kier alpha value is -5.52. The number of nitrogens with zero attached hydrogens (tertiary/aromatic N) is 10. The smallest absolute Gasteiger partial charge is 0.261 e. The molecule has 0 N–H and O–H groups in total. The zero-order chi connectivity index (χ0) is 52.7. The predicted molar refractivity (Wildman–Crippen MR) is 282 cm³/mol. The van der Waals surface area contributed by atoms with Crippen LogP contribution < -0.4 is 9.80 Å². The third-order valence-electron chi connectivity index (χ3n) is 15.5. The summed E-state index contributed by atoms with van der Waals surface area (Å²) in [5.74, 6) is 0. The fourth-order valence-electron chi connectivity index (χ4n) is 9.73. The molecule has 2 fully saturated rings. The molecule has 20 heteroatoms. The molecule has 0 bridgehead atoms. The van der Waals surface area contributed by atoms with E-state index in [2.05, 4.69) is 0 Å². The lowest BCUT2D eigenvalue weighted by Crippen LogP contribution is -2.51. The van der Waals surface area contributed by atoms with Crippen molar-refractivity contribution in [3.63, 3.8) is 0 Å². The van der Waals surface area contributed by atoms with Gasteiger partial charge in [0, 0.05) is 102 Å². The van der Waals surface area contributed by atoms with Gasteiger partial charge < -0.3 is 40.6 Å². The maximum atomic E-state index is 15.1. The van der Waals surface area contributed by atoms with Gasteiger partial charge >= 0.3 is 0 Å². The van der Waals surface area contributed by atoms with Crippen molar-refractivity contribution in [1.29, 1.82) is 0 Å². The number of pyridine rings is 2. The number of anilines is 2. The van der Waals surface area contributed by atoms with Crippen molar-refractivity contribution in [2.45, 2.75) is 113 Å². The zero-order valence-corrected chi connectivity index (χ0v) is 44.6. The molecule has 2 aliphatic heterocycles. The second-order valence-corrected chi connectivity index (χ2v) is 25.0. The average Bonchev–Trinajstić information content (AvgIpc) is 3.52. The van der Waals surface area contributed by atoms with E-state index in [9.17, 15) is 20.5 Å². The molecule has 4 aromatic carbocycles. The van der Waals surface area contributed by atoms with Crippen LogP contribution in [0.3, 0.4) is 0 Å². The van der Waals surface area contributed by atoms with Gasteiger partial charge in [-0.15, -0.1) is 0 Å². The first-order chi connectivity index (χ1) is 33.6. The SMILES string of the molecule is CN(C)c1cccc2c(S(=O)(=O)N(Cc3cccc(-c4cccc(CN(CC5N([O-])C(C)(C)C(C)(C)[N+]5=O)S(=O)(=O)c5cccc6c(N(C)C)cccc56)n4)n3)CC3N([O-])C(C)(C)C(C)(C)N3[O-])cccc12. The molecule has 384 valence electrons. The maximum absolute atomic E-state index is 15.1. The van der Waals surface area contributed by atoms with Crippen LogP contribution in [0.25, 0.3) is 32.9 Å². The van der Waals surface area contributed by atoms with E-state index in [1.165, 1.54) is 12.1 Å². The molecule has 2 aliphatic rings. The molecule has 18 nitrogen and oxygen atoms in total. The largest absolute Gasteiger partial charge is 0.784 e. The molecule has 0 radical (unpaired) electrons. The van der Waals surface area contributed by atoms with Crippen LogP contribution in [0, 0.1) is 20.5 Å². The summed E-state index contributed by atoms with van der Waals surface area (Å²) in [4.78, 5) is 27.5. The van der Waals surface area contributed by atoms with Crippen LogP contribution in [0.4, 0.5) is 11.4 Å². The highest BCUT2D eigenvalue weighted by molar-refractivity contribution is 7.89. The number of sulfonamides is 2. The Morgan fingerprint density at radius 3 is 1.28 bits per heavy atom. The molecule has 0 aliphatic carbocycles. The molecule has 4 heterocycles. The minimum Gasteiger partial charge on any atom is -0.784 e. The van der Waals surface area contributed by atoms with Crippen molar-refractivity contribution >= 4 is 53.0 Å². The van der Waals surface area contributed by atoms with Crippen LogP contribution in [0.5, 0.6) is 0 Å². The number of rotatable bonds is 15. The van der Waals surface area contributed by atoms with Gasteiger partial charge in [-0.1, -0.05) is 60.7 Å². The molecule has 6 aromatic rings. The van der Waals surface area contributed by atoms with Crippen molar-refractivity contribution in [2.75, 3.05) is 51.1 Å². The molecular weight excluding hydrogens is 957 g/mol. The quantitative estimate of drug-likeness (QED) is 0.0896. The normalized spacial score (nSPS) is 19.6. The second kappa shape index (κ2) is 18.8. The van der Waals surface area contributed by atoms with Gasteiger partial charge in [0.2, 0.25) is 25.6 Å². The summed E-state index contributed by atoms with van der Waals surface area (Å²) in [6.07, 6.45) is -2.80. The van der Waals surface area contributed by atoms with Crippen LogP contribution in [0.1, 0.15) is 66.8 Å². The Morgan fingerprint density at radius 2 is 0.889 bits per heavy atom. The summed E-state index contributed by atoms with van der Waals surface area (Å²) in [5, 5.41) is 46.2. The predicted octanol–water partition coefficient (Wildman–Crippen LogP) is 7.94. The van der Waals surface area contributed by atoms with E-state index in [4.69, 9.17) is 9.97 Å². The number of fused-ring (bicyclic) bond motifs is 2. The first kappa shape index (κ1) is 52.8. The molecule has 8 rings (SSSR count). The Labute approximate surface area is 422 Å². The molecule has 0 amide bonds. The van der Waals surface area contributed by atoms with Crippen LogP contribution in [0.2, 0.25) is 0 Å². The van der Waals surface area contributed by atoms with Crippen LogP contribution >= 0.6 is 0 Å². The fourth-order valence-corrected chi connectivity index (χ4v) is 13.0. The van der Waals surface area contributed by atoms with Crippen LogP contribution in [-0.4, -0.2) is 131 Å². The number of hydrogen-bond acceptors (Lipinski definition) is 15. The Kier molecular flexibility index (Phi) is 13.8. The standard InChI is InChI=1S/C52H64N10O8S2/c1-49(2)50(3,4)60(64)47(59(49)63)33-57(71(67,68)45-29-17-21-37-39(45)23-15-27-43(37)55(9)10)31-35-19-13-25-41(53-35)42-26-14-20-36(54-42)32-58(34-48-61(65)51(5,6)52(7,8)62(48)66)72(69,70)46-30-18-22-38-40(46)24-16-28-44(38)56(11)12/h13-30,47-48H,31-34H2,1-12H3/q-2. The number of nitroso groups, excluding NO2 is 1. The summed E-state index contributed by atoms with van der Waals surface area (Å²) < 4.78 is 63.4. The molecule has 1 unspecified atom stereocenters. The first-order valence-corrected chi connectivity index (χ1v) is 26.6. The monoisotopic (exact) mass is 1020 g/mol. The van der Waals surface area contributed by atoms with Crippen LogP contribution in [0.15, 0.2) is 119 Å². The van der Waals surface area contributed by atoms with E-state index in [0.29, 0.717) is 52.9 Å². The van der Waals surface area contributed by atoms with Gasteiger partial charge in [-0.2, -0.15) is 8.61 Å². The van der Waals surface area contributed by atoms with E-state index in [-0.39, 0.29) is 34.3 Å². The van der Waals surface area contributed by atoms with Crippen LogP contribution in [-0.2, 0) is 33.1 Å². The lowest BCUT2D eigenvalue weighted by molar-refractivity contribution is -0.638. The highest BCUT2D eigenvalue weighted by Gasteiger charge is 2.63. The van der Waals surface area contributed by atoms with Crippen molar-refractivity contribution < 1.29 is 21.6 Å². The third-order valence-corrected chi connectivity index (χ3v) is 19.2. The molecular formula is C52H64N10O8S2-2. The number of hydrogen-bond donors (Lipinski definition) is 0.